The molecule has 0 unspecified atom stereocenters. The molecule has 0 aliphatic carbocycles. The number of likely N-dealkylation sites (tertiary alicyclic amines) is 1. The Hall–Kier alpha value is -4.25. The molecule has 0 radical (unpaired) electrons. The molecule has 0 aromatic heterocycles. The van der Waals surface area contributed by atoms with Gasteiger partial charge in [0.1, 0.15) is 18.5 Å². The molecule has 1 aliphatic heterocycles. The van der Waals surface area contributed by atoms with Crippen LogP contribution in [0.1, 0.15) is 56.2 Å². The number of alkyl carbamates (subject to hydrolysis) is 1. The van der Waals surface area contributed by atoms with Crippen molar-refractivity contribution in [2.45, 2.75) is 64.8 Å². The zero-order chi connectivity index (χ0) is 29.6. The number of amides is 3. The second-order valence-electron chi connectivity index (χ2n) is 9.81. The number of amidine groups is 1. The Morgan fingerprint density at radius 3 is 2.44 bits per heavy atom. The molecule has 0 saturated carbocycles. The molecule has 1 aliphatic rings. The van der Waals surface area contributed by atoms with Crippen LogP contribution in [0.2, 0.25) is 0 Å². The van der Waals surface area contributed by atoms with Crippen molar-refractivity contribution < 1.29 is 28.7 Å². The van der Waals surface area contributed by atoms with Crippen LogP contribution in [-0.4, -0.2) is 66.4 Å². The van der Waals surface area contributed by atoms with Gasteiger partial charge in [-0.25, -0.2) is 4.79 Å². The molecule has 220 valence electrons. The van der Waals surface area contributed by atoms with E-state index in [4.69, 9.17) is 14.9 Å². The van der Waals surface area contributed by atoms with Gasteiger partial charge < -0.3 is 20.1 Å². The van der Waals surface area contributed by atoms with Gasteiger partial charge in [0.2, 0.25) is 11.8 Å². The molecular formula is C30H39N5O6. The molecule has 0 bridgehead atoms. The number of ether oxygens (including phenoxy) is 2. The normalized spacial score (nSPS) is 15.7. The van der Waals surface area contributed by atoms with E-state index >= 15 is 0 Å². The Kier molecular flexibility index (Phi) is 12.3. The Balaban J connectivity index is 1.41. The summed E-state index contributed by atoms with van der Waals surface area (Å²) in [5, 5.41) is 16.1. The van der Waals surface area contributed by atoms with Crippen LogP contribution in [-0.2, 0) is 37.0 Å². The molecule has 1 fully saturated rings. The van der Waals surface area contributed by atoms with Gasteiger partial charge in [-0.15, -0.1) is 0 Å². The quantitative estimate of drug-likeness (QED) is 0.176. The first-order valence-corrected chi connectivity index (χ1v) is 13.9. The molecule has 3 rings (SSSR count). The number of hydrogen-bond acceptors (Lipinski definition) is 8. The number of nitrogens with one attached hydrogen (secondary N) is 4. The molecule has 11 nitrogen and oxygen atoms in total. The highest BCUT2D eigenvalue weighted by atomic mass is 16.5. The minimum absolute atomic E-state index is 0.103. The summed E-state index contributed by atoms with van der Waals surface area (Å²) in [4.78, 5) is 51.4. The second kappa shape index (κ2) is 16.1. The number of carbonyl (C=O) groups is 4. The molecule has 0 spiro atoms. The van der Waals surface area contributed by atoms with Crippen LogP contribution in [0.15, 0.2) is 54.6 Å². The summed E-state index contributed by atoms with van der Waals surface area (Å²) in [7, 11) is 0. The van der Waals surface area contributed by atoms with Gasteiger partial charge in [0.05, 0.1) is 19.1 Å². The van der Waals surface area contributed by atoms with Crippen molar-refractivity contribution in [1.82, 2.24) is 20.9 Å². The van der Waals surface area contributed by atoms with Crippen molar-refractivity contribution in [1.29, 1.82) is 5.41 Å². The number of benzene rings is 2. The standard InChI is InChI=1S/C30H39N5O6/c1-3-40-26(36)16-18-35-17-8-7-11-25(35)29(38)33-21(2)28(37)32-19-22-12-14-24(15-13-22)27(31)34-30(39)41-20-23-9-5-4-6-10-23/h4-6,9-10,12-15,21,25H,3,7-8,11,16-20H2,1-2H3,(H,32,37)(H,33,38)(H2,31,34,39)/t21-,25+/m0/s1. The van der Waals surface area contributed by atoms with Crippen LogP contribution in [0, 0.1) is 5.41 Å². The molecule has 11 heteroatoms. The van der Waals surface area contributed by atoms with E-state index in [0.717, 1.165) is 30.5 Å². The maximum absolute atomic E-state index is 13.0. The first-order valence-electron chi connectivity index (χ1n) is 13.9. The average molecular weight is 566 g/mol. The lowest BCUT2D eigenvalue weighted by Crippen LogP contribution is -2.54. The van der Waals surface area contributed by atoms with Crippen molar-refractivity contribution in [2.24, 2.45) is 0 Å². The maximum Gasteiger partial charge on any atom is 0.413 e. The van der Waals surface area contributed by atoms with Crippen molar-refractivity contribution >= 4 is 29.7 Å². The summed E-state index contributed by atoms with van der Waals surface area (Å²) >= 11 is 0. The van der Waals surface area contributed by atoms with Crippen LogP contribution >= 0.6 is 0 Å². The smallest absolute Gasteiger partial charge is 0.413 e. The first-order chi connectivity index (χ1) is 19.8. The number of carbonyl (C=O) groups excluding carboxylic acids is 4. The first kappa shape index (κ1) is 31.3. The third-order valence-electron chi connectivity index (χ3n) is 6.73. The zero-order valence-corrected chi connectivity index (χ0v) is 23.6. The fourth-order valence-corrected chi connectivity index (χ4v) is 4.46. The van der Waals surface area contributed by atoms with E-state index in [9.17, 15) is 19.2 Å². The van der Waals surface area contributed by atoms with Gasteiger partial charge in [-0.05, 0) is 44.4 Å². The van der Waals surface area contributed by atoms with Gasteiger partial charge in [0.15, 0.2) is 0 Å². The third kappa shape index (κ3) is 10.3. The Labute approximate surface area is 240 Å². The lowest BCUT2D eigenvalue weighted by molar-refractivity contribution is -0.144. The summed E-state index contributed by atoms with van der Waals surface area (Å²) in [5.41, 5.74) is 2.12. The minimum atomic E-state index is -0.741. The third-order valence-corrected chi connectivity index (χ3v) is 6.73. The number of esters is 1. The van der Waals surface area contributed by atoms with Crippen molar-refractivity contribution in [3.05, 3.63) is 71.3 Å². The minimum Gasteiger partial charge on any atom is -0.466 e. The largest absolute Gasteiger partial charge is 0.466 e. The summed E-state index contributed by atoms with van der Waals surface area (Å²) < 4.78 is 10.1. The highest BCUT2D eigenvalue weighted by Gasteiger charge is 2.30. The molecular weight excluding hydrogens is 526 g/mol. The molecule has 2 atom stereocenters. The summed E-state index contributed by atoms with van der Waals surface area (Å²) in [6.07, 6.45) is 2.04. The fourth-order valence-electron chi connectivity index (χ4n) is 4.46. The van der Waals surface area contributed by atoms with Crippen LogP contribution in [0.4, 0.5) is 4.79 Å². The van der Waals surface area contributed by atoms with E-state index in [0.29, 0.717) is 25.1 Å². The number of nitrogens with zero attached hydrogens (tertiary/aromatic N) is 1. The number of hydrogen-bond donors (Lipinski definition) is 4. The molecule has 41 heavy (non-hydrogen) atoms. The van der Waals surface area contributed by atoms with Crippen LogP contribution in [0.5, 0.6) is 0 Å². The van der Waals surface area contributed by atoms with Gasteiger partial charge in [-0.2, -0.15) is 0 Å². The van der Waals surface area contributed by atoms with E-state index in [-0.39, 0.29) is 49.2 Å². The van der Waals surface area contributed by atoms with Gasteiger partial charge in [0.25, 0.3) is 0 Å². The molecule has 4 N–H and O–H groups in total. The van der Waals surface area contributed by atoms with E-state index in [1.807, 2.05) is 35.2 Å². The van der Waals surface area contributed by atoms with E-state index in [1.54, 1.807) is 38.1 Å². The van der Waals surface area contributed by atoms with Crippen LogP contribution in [0.25, 0.3) is 0 Å². The van der Waals surface area contributed by atoms with E-state index in [2.05, 4.69) is 16.0 Å². The Bertz CT molecular complexity index is 1190. The molecule has 1 saturated heterocycles. The molecule has 2 aromatic rings. The molecule has 1 heterocycles. The lowest BCUT2D eigenvalue weighted by atomic mass is 10.0. The van der Waals surface area contributed by atoms with Crippen LogP contribution < -0.4 is 16.0 Å². The zero-order valence-electron chi connectivity index (χ0n) is 23.6. The Morgan fingerprint density at radius 2 is 1.73 bits per heavy atom. The highest BCUT2D eigenvalue weighted by molar-refractivity contribution is 6.04. The van der Waals surface area contributed by atoms with Crippen molar-refractivity contribution in [3.63, 3.8) is 0 Å². The van der Waals surface area contributed by atoms with E-state index < -0.39 is 12.1 Å². The summed E-state index contributed by atoms with van der Waals surface area (Å²) in [6.45, 7) is 5.21. The van der Waals surface area contributed by atoms with E-state index in [1.165, 1.54) is 0 Å². The van der Waals surface area contributed by atoms with Crippen molar-refractivity contribution in [3.8, 4) is 0 Å². The topological polar surface area (TPSA) is 150 Å². The average Bonchev–Trinajstić information content (AvgIpc) is 2.98. The maximum atomic E-state index is 13.0. The van der Waals surface area contributed by atoms with Gasteiger partial charge in [0, 0.05) is 18.7 Å². The van der Waals surface area contributed by atoms with Gasteiger partial charge in [-0.3, -0.25) is 30.0 Å². The predicted octanol–water partition coefficient (Wildman–Crippen LogP) is 2.87. The van der Waals surface area contributed by atoms with Crippen molar-refractivity contribution in [2.75, 3.05) is 19.7 Å². The highest BCUT2D eigenvalue weighted by Crippen LogP contribution is 2.18. The monoisotopic (exact) mass is 565 g/mol. The fraction of sp³-hybridized carbons (Fsp3) is 0.433. The Morgan fingerprint density at radius 1 is 1.00 bits per heavy atom. The van der Waals surface area contributed by atoms with Gasteiger partial charge >= 0.3 is 12.1 Å². The molecule has 3 amide bonds. The van der Waals surface area contributed by atoms with Crippen LogP contribution in [0.3, 0.4) is 0 Å². The number of rotatable bonds is 12. The second-order valence-corrected chi connectivity index (χ2v) is 9.81. The lowest BCUT2D eigenvalue weighted by Gasteiger charge is -2.34. The molecule has 2 aromatic carbocycles. The summed E-state index contributed by atoms with van der Waals surface area (Å²) in [6, 6.07) is 14.9. The predicted molar refractivity (Wildman–Crippen MR) is 153 cm³/mol. The summed E-state index contributed by atoms with van der Waals surface area (Å²) in [5.74, 6) is -0.942. The SMILES string of the molecule is CCOC(=O)CCN1CCCC[C@@H]1C(=O)N[C@@H](C)C(=O)NCc1ccc(C(=N)NC(=O)OCc2ccccc2)cc1. The van der Waals surface area contributed by atoms with Gasteiger partial charge in [-0.1, -0.05) is 61.0 Å². The number of piperidine rings is 1.